The van der Waals surface area contributed by atoms with Gasteiger partial charge < -0.3 is 29.8 Å². The van der Waals surface area contributed by atoms with Crippen LogP contribution < -0.4 is 35.3 Å². The molecular weight excluding hydrogens is 401 g/mol. The first kappa shape index (κ1) is 24.1. The van der Waals surface area contributed by atoms with Gasteiger partial charge in [0.25, 0.3) is 0 Å². The fourth-order valence-corrected chi connectivity index (χ4v) is 3.32. The topological polar surface area (TPSA) is 15.8 Å². The number of para-hydroxylation sites is 1. The third-order valence-electron chi connectivity index (χ3n) is 3.78. The van der Waals surface area contributed by atoms with Crippen LogP contribution in [0.2, 0.25) is 13.1 Å². The average molecular weight is 420 g/mol. The summed E-state index contributed by atoms with van der Waals surface area (Å²) >= 11 is 0. The van der Waals surface area contributed by atoms with Crippen LogP contribution in [0.15, 0.2) is 48.5 Å². The van der Waals surface area contributed by atoms with E-state index in [9.17, 15) is 0 Å². The van der Waals surface area contributed by atoms with Gasteiger partial charge >= 0.3 is 21.7 Å². The van der Waals surface area contributed by atoms with Crippen LogP contribution in [0.25, 0.3) is 23.1 Å². The molecule has 0 aliphatic heterocycles. The number of aromatic nitrogens is 1. The molecule has 0 saturated carbocycles. The summed E-state index contributed by atoms with van der Waals surface area (Å²) in [5.41, 5.74) is 2.36. The summed E-state index contributed by atoms with van der Waals surface area (Å²) in [7, 11) is -0.329. The predicted octanol–water partition coefficient (Wildman–Crippen LogP) is -3.07. The SMILES string of the molecule is C[Si](C)=C1[C-]=c2ccccc2=C1.Cc1[c-][nH]c2ccccc12.[Cl-].[Cl-].[Ti+4]. The summed E-state index contributed by atoms with van der Waals surface area (Å²) in [4.78, 5) is 3.06. The summed E-state index contributed by atoms with van der Waals surface area (Å²) in [6.07, 6.45) is 8.76. The maximum absolute atomic E-state index is 3.44. The third-order valence-corrected chi connectivity index (χ3v) is 5.13. The first-order valence-electron chi connectivity index (χ1n) is 7.48. The van der Waals surface area contributed by atoms with E-state index < -0.39 is 0 Å². The quantitative estimate of drug-likeness (QED) is 0.294. The van der Waals surface area contributed by atoms with E-state index in [0.717, 1.165) is 0 Å². The molecule has 1 aliphatic rings. The Labute approximate surface area is 178 Å². The van der Waals surface area contributed by atoms with Gasteiger partial charge in [0.2, 0.25) is 0 Å². The van der Waals surface area contributed by atoms with Crippen LogP contribution in [0, 0.1) is 13.1 Å². The Kier molecular flexibility index (Phi) is 10.6. The van der Waals surface area contributed by atoms with Crippen molar-refractivity contribution >= 4 is 36.6 Å². The zero-order valence-electron chi connectivity index (χ0n) is 14.5. The van der Waals surface area contributed by atoms with E-state index in [-0.39, 0.29) is 54.9 Å². The number of aryl methyl sites for hydroxylation is 1. The van der Waals surface area contributed by atoms with Crippen molar-refractivity contribution in [1.82, 2.24) is 4.98 Å². The van der Waals surface area contributed by atoms with E-state index in [4.69, 9.17) is 0 Å². The number of hydrogen-bond donors (Lipinski definition) is 1. The van der Waals surface area contributed by atoms with Gasteiger partial charge in [-0.05, 0) is 8.41 Å². The zero-order chi connectivity index (χ0) is 15.5. The van der Waals surface area contributed by atoms with Gasteiger partial charge in [-0.2, -0.15) is 22.2 Å². The maximum Gasteiger partial charge on any atom is 4.00 e. The molecule has 5 heteroatoms. The van der Waals surface area contributed by atoms with E-state index >= 15 is 0 Å². The molecular formula is C20H19Cl2NSiTi. The molecule has 1 aromatic heterocycles. The Balaban J connectivity index is 0.000000416. The van der Waals surface area contributed by atoms with Gasteiger partial charge in [-0.25, -0.2) is 0 Å². The Morgan fingerprint density at radius 3 is 2.20 bits per heavy atom. The predicted molar refractivity (Wildman–Crippen MR) is 97.9 cm³/mol. The van der Waals surface area contributed by atoms with Crippen molar-refractivity contribution in [2.75, 3.05) is 0 Å². The number of aromatic amines is 1. The molecule has 0 spiro atoms. The van der Waals surface area contributed by atoms with Crippen molar-refractivity contribution in [3.05, 3.63) is 70.7 Å². The first-order valence-corrected chi connectivity index (χ1v) is 9.98. The molecule has 0 atom stereocenters. The van der Waals surface area contributed by atoms with Crippen molar-refractivity contribution in [1.29, 1.82) is 0 Å². The molecule has 1 N–H and O–H groups in total. The Morgan fingerprint density at radius 2 is 1.56 bits per heavy atom. The zero-order valence-corrected chi connectivity index (χ0v) is 18.5. The second-order valence-electron chi connectivity index (χ2n) is 5.69. The van der Waals surface area contributed by atoms with Crippen LogP contribution >= 0.6 is 0 Å². The molecule has 1 aliphatic carbocycles. The van der Waals surface area contributed by atoms with Crippen LogP contribution in [0.3, 0.4) is 0 Å². The van der Waals surface area contributed by atoms with Crippen molar-refractivity contribution in [2.24, 2.45) is 0 Å². The molecule has 0 fully saturated rings. The van der Waals surface area contributed by atoms with Crippen LogP contribution in [0.5, 0.6) is 0 Å². The summed E-state index contributed by atoms with van der Waals surface area (Å²) in [6, 6.07) is 16.6. The average Bonchev–Trinajstić information content (AvgIpc) is 3.12. The van der Waals surface area contributed by atoms with Crippen LogP contribution in [-0.4, -0.2) is 18.6 Å². The van der Waals surface area contributed by atoms with Gasteiger partial charge in [0.1, 0.15) is 0 Å². The van der Waals surface area contributed by atoms with Gasteiger partial charge in [0.15, 0.2) is 0 Å². The van der Waals surface area contributed by atoms with Gasteiger partial charge in [0, 0.05) is 0 Å². The molecule has 2 aromatic carbocycles. The second kappa shape index (κ2) is 11.0. The van der Waals surface area contributed by atoms with Crippen LogP contribution in [0.4, 0.5) is 0 Å². The molecule has 0 radical (unpaired) electrons. The van der Waals surface area contributed by atoms with E-state index in [1.807, 2.05) is 12.1 Å². The molecule has 25 heavy (non-hydrogen) atoms. The van der Waals surface area contributed by atoms with E-state index in [1.165, 1.54) is 32.1 Å². The fraction of sp³-hybridized carbons (Fsp3) is 0.150. The van der Waals surface area contributed by atoms with Crippen LogP contribution in [0.1, 0.15) is 5.56 Å². The van der Waals surface area contributed by atoms with Gasteiger partial charge in [-0.1, -0.05) is 38.2 Å². The third kappa shape index (κ3) is 5.80. The van der Waals surface area contributed by atoms with Crippen molar-refractivity contribution in [3.8, 4) is 0 Å². The minimum absolute atomic E-state index is 0. The van der Waals surface area contributed by atoms with Crippen molar-refractivity contribution < 1.29 is 46.5 Å². The van der Waals surface area contributed by atoms with E-state index in [2.05, 4.69) is 79.7 Å². The largest absolute Gasteiger partial charge is 4.00 e. The maximum atomic E-state index is 3.44. The fourth-order valence-electron chi connectivity index (χ4n) is 2.49. The van der Waals surface area contributed by atoms with Crippen molar-refractivity contribution in [2.45, 2.75) is 20.0 Å². The molecule has 3 aromatic rings. The van der Waals surface area contributed by atoms with Crippen LogP contribution in [-0.2, 0) is 21.7 Å². The number of nitrogens with one attached hydrogen (secondary N) is 1. The second-order valence-corrected chi connectivity index (χ2v) is 8.23. The monoisotopic (exact) mass is 419 g/mol. The normalized spacial score (nSPS) is 10.6. The molecule has 0 bridgehead atoms. The number of hydrogen-bond acceptors (Lipinski definition) is 0. The summed E-state index contributed by atoms with van der Waals surface area (Å²) in [5, 5.41) is 5.28. The number of halogens is 2. The molecule has 126 valence electrons. The Morgan fingerprint density at radius 1 is 0.920 bits per heavy atom. The standard InChI is InChI=1S/C11H11Si.C9H8N.2ClH.Ti/c1-12(2)11-7-9-5-3-4-6-10(9)8-11;1-7-6-10-9-5-3-2-4-8(7)9;;;/h3-7H,1-2H3;2-5,10H,1H3;2*1H;/q2*-1;;;+4/p-2. The van der Waals surface area contributed by atoms with E-state index in [1.54, 1.807) is 0 Å². The minimum atomic E-state index is -0.329. The summed E-state index contributed by atoms with van der Waals surface area (Å²) in [6.45, 7) is 6.66. The summed E-state index contributed by atoms with van der Waals surface area (Å²) in [5.74, 6) is 0. The van der Waals surface area contributed by atoms with Gasteiger partial charge in [-0.3, -0.25) is 0 Å². The molecule has 1 heterocycles. The number of rotatable bonds is 0. The van der Waals surface area contributed by atoms with Gasteiger partial charge in [-0.15, -0.1) is 58.5 Å². The van der Waals surface area contributed by atoms with E-state index in [0.29, 0.717) is 0 Å². The minimum Gasteiger partial charge on any atom is -1.00 e. The van der Waals surface area contributed by atoms with Gasteiger partial charge in [0.05, 0.1) is 0 Å². The Hall–Kier alpha value is -0.899. The molecule has 4 rings (SSSR count). The first-order chi connectivity index (χ1) is 10.6. The smallest absolute Gasteiger partial charge is 1.00 e. The molecule has 0 unspecified atom stereocenters. The summed E-state index contributed by atoms with van der Waals surface area (Å²) < 4.78 is 0. The number of benzene rings is 2. The van der Waals surface area contributed by atoms with Crippen molar-refractivity contribution in [3.63, 3.8) is 0 Å². The Bertz CT molecular complexity index is 936. The molecule has 0 saturated heterocycles. The molecule has 0 amide bonds. The number of H-pyrrole nitrogens is 1. The number of fused-ring (bicyclic) bond motifs is 2. The molecule has 1 nitrogen and oxygen atoms in total.